The lowest BCUT2D eigenvalue weighted by molar-refractivity contribution is -0.131. The monoisotopic (exact) mass is 471 g/mol. The van der Waals surface area contributed by atoms with Crippen LogP contribution in [0, 0.1) is 5.82 Å². The van der Waals surface area contributed by atoms with E-state index in [1.54, 1.807) is 49.1 Å². The summed E-state index contributed by atoms with van der Waals surface area (Å²) >= 11 is 7.21. The number of amides is 1. The zero-order chi connectivity index (χ0) is 21.2. The van der Waals surface area contributed by atoms with E-state index in [0.717, 1.165) is 0 Å². The molecule has 9 heteroatoms. The summed E-state index contributed by atoms with van der Waals surface area (Å²) in [6.07, 6.45) is 0. The molecule has 1 amide bonds. The average Bonchev–Trinajstić information content (AvgIpc) is 3.06. The Morgan fingerprint density at radius 2 is 1.83 bits per heavy atom. The second-order valence-corrected chi connectivity index (χ2v) is 8.88. The maximum Gasteiger partial charge on any atom is 0.272 e. The highest BCUT2D eigenvalue weighted by atomic mass is 35.5. The molecule has 0 aliphatic heterocycles. The van der Waals surface area contributed by atoms with E-state index in [4.69, 9.17) is 16.3 Å². The Morgan fingerprint density at radius 3 is 2.47 bits per heavy atom. The second-order valence-electron chi connectivity index (χ2n) is 7.43. The minimum atomic E-state index is -1.14. The number of ether oxygens (including phenoxy) is 1. The highest BCUT2D eigenvalue weighted by molar-refractivity contribution is 7.22. The van der Waals surface area contributed by atoms with Crippen molar-refractivity contribution in [3.8, 4) is 5.75 Å². The standard InChI is InChI=1S/C21H23ClFN3O2S.ClH/c1-21(2,28-16-8-5-14(22)6-9-16)19(27)26(12-11-25(3)4)20-24-17-10-7-15(23)13-18(17)29-20;/h5-10,13H,11-12H2,1-4H3;1H. The van der Waals surface area contributed by atoms with E-state index in [2.05, 4.69) is 4.98 Å². The fourth-order valence-electron chi connectivity index (χ4n) is 2.75. The van der Waals surface area contributed by atoms with Crippen molar-refractivity contribution < 1.29 is 13.9 Å². The molecule has 30 heavy (non-hydrogen) atoms. The summed E-state index contributed by atoms with van der Waals surface area (Å²) in [6, 6.07) is 11.3. The number of fused-ring (bicyclic) bond motifs is 1. The minimum Gasteiger partial charge on any atom is -0.478 e. The van der Waals surface area contributed by atoms with Crippen LogP contribution in [-0.2, 0) is 4.79 Å². The number of rotatable bonds is 7. The number of hydrogen-bond donors (Lipinski definition) is 0. The van der Waals surface area contributed by atoms with Gasteiger partial charge in [-0.3, -0.25) is 9.69 Å². The zero-order valence-corrected chi connectivity index (χ0v) is 19.6. The van der Waals surface area contributed by atoms with Crippen LogP contribution in [0.5, 0.6) is 5.75 Å². The van der Waals surface area contributed by atoms with Crippen molar-refractivity contribution in [3.63, 3.8) is 0 Å². The Kier molecular flexibility index (Phi) is 8.05. The quantitative estimate of drug-likeness (QED) is 0.471. The number of carbonyl (C=O) groups is 1. The number of thiazole rings is 1. The molecule has 0 aliphatic rings. The molecule has 3 rings (SSSR count). The molecule has 0 N–H and O–H groups in total. The van der Waals surface area contributed by atoms with E-state index in [9.17, 15) is 9.18 Å². The van der Waals surface area contributed by atoms with E-state index in [1.165, 1.54) is 23.5 Å². The normalized spacial score (nSPS) is 11.4. The van der Waals surface area contributed by atoms with E-state index < -0.39 is 5.60 Å². The van der Waals surface area contributed by atoms with Crippen molar-refractivity contribution in [1.29, 1.82) is 0 Å². The first kappa shape index (κ1) is 24.3. The van der Waals surface area contributed by atoms with Gasteiger partial charge in [-0.05, 0) is 70.4 Å². The largest absolute Gasteiger partial charge is 0.478 e. The summed E-state index contributed by atoms with van der Waals surface area (Å²) in [5, 5.41) is 1.11. The zero-order valence-electron chi connectivity index (χ0n) is 17.2. The van der Waals surface area contributed by atoms with Crippen LogP contribution < -0.4 is 9.64 Å². The molecule has 162 valence electrons. The van der Waals surface area contributed by atoms with Gasteiger partial charge in [-0.25, -0.2) is 9.37 Å². The molecule has 5 nitrogen and oxygen atoms in total. The number of halogens is 3. The van der Waals surface area contributed by atoms with Crippen LogP contribution in [0.15, 0.2) is 42.5 Å². The van der Waals surface area contributed by atoms with Gasteiger partial charge < -0.3 is 9.64 Å². The first-order valence-electron chi connectivity index (χ1n) is 9.13. The topological polar surface area (TPSA) is 45.7 Å². The van der Waals surface area contributed by atoms with Crippen LogP contribution in [0.3, 0.4) is 0 Å². The average molecular weight is 472 g/mol. The molecule has 1 heterocycles. The lowest BCUT2D eigenvalue weighted by Gasteiger charge is -2.31. The molecule has 0 saturated heterocycles. The van der Waals surface area contributed by atoms with Crippen LogP contribution in [0.25, 0.3) is 10.2 Å². The van der Waals surface area contributed by atoms with Gasteiger partial charge in [-0.15, -0.1) is 12.4 Å². The molecule has 0 fully saturated rings. The molecule has 2 aromatic carbocycles. The van der Waals surface area contributed by atoms with Crippen molar-refractivity contribution in [3.05, 3.63) is 53.3 Å². The van der Waals surface area contributed by atoms with Gasteiger partial charge in [0.05, 0.1) is 10.2 Å². The SMILES string of the molecule is CN(C)CCN(C(=O)C(C)(C)Oc1ccc(Cl)cc1)c1nc2ccc(F)cc2s1.Cl. The molecule has 0 bridgehead atoms. The Labute approximate surface area is 190 Å². The Morgan fingerprint density at radius 1 is 1.17 bits per heavy atom. The highest BCUT2D eigenvalue weighted by Crippen LogP contribution is 2.31. The first-order chi connectivity index (χ1) is 13.7. The first-order valence-corrected chi connectivity index (χ1v) is 10.3. The van der Waals surface area contributed by atoms with Crippen LogP contribution in [0.2, 0.25) is 5.02 Å². The van der Waals surface area contributed by atoms with E-state index >= 15 is 0 Å². The fourth-order valence-corrected chi connectivity index (χ4v) is 3.89. The number of hydrogen-bond acceptors (Lipinski definition) is 5. The van der Waals surface area contributed by atoms with Gasteiger partial charge in [0.15, 0.2) is 10.7 Å². The van der Waals surface area contributed by atoms with Crippen LogP contribution in [-0.4, -0.2) is 48.6 Å². The van der Waals surface area contributed by atoms with Gasteiger partial charge >= 0.3 is 0 Å². The Bertz CT molecular complexity index is 1010. The predicted molar refractivity (Wildman–Crippen MR) is 124 cm³/mol. The maximum atomic E-state index is 13.6. The summed E-state index contributed by atoms with van der Waals surface area (Å²) in [6.45, 7) is 4.52. The van der Waals surface area contributed by atoms with Crippen LogP contribution in [0.1, 0.15) is 13.8 Å². The molecular formula is C21H24Cl2FN3O2S. The third kappa shape index (κ3) is 5.82. The molecule has 0 unspecified atom stereocenters. The Hall–Kier alpha value is -1.93. The molecule has 1 aromatic heterocycles. The molecule has 0 radical (unpaired) electrons. The van der Waals surface area contributed by atoms with Gasteiger partial charge in [0.25, 0.3) is 5.91 Å². The molecular weight excluding hydrogens is 448 g/mol. The van der Waals surface area contributed by atoms with Crippen LogP contribution in [0.4, 0.5) is 9.52 Å². The number of likely N-dealkylation sites (N-methyl/N-ethyl adjacent to an activating group) is 1. The van der Waals surface area contributed by atoms with Crippen molar-refractivity contribution in [2.75, 3.05) is 32.1 Å². The van der Waals surface area contributed by atoms with E-state index in [1.807, 2.05) is 19.0 Å². The Balaban J connectivity index is 0.00000320. The number of aromatic nitrogens is 1. The smallest absolute Gasteiger partial charge is 0.272 e. The number of nitrogens with zero attached hydrogens (tertiary/aromatic N) is 3. The van der Waals surface area contributed by atoms with Crippen molar-refractivity contribution in [2.24, 2.45) is 0 Å². The van der Waals surface area contributed by atoms with E-state index in [0.29, 0.717) is 39.2 Å². The molecule has 0 spiro atoms. The lowest BCUT2D eigenvalue weighted by Crippen LogP contribution is -2.50. The summed E-state index contributed by atoms with van der Waals surface area (Å²) in [7, 11) is 3.87. The molecule has 3 aromatic rings. The van der Waals surface area contributed by atoms with Crippen molar-refractivity contribution >= 4 is 56.6 Å². The van der Waals surface area contributed by atoms with Gasteiger partial charge in [0.1, 0.15) is 11.6 Å². The molecule has 0 saturated carbocycles. The third-order valence-electron chi connectivity index (χ3n) is 4.29. The summed E-state index contributed by atoms with van der Waals surface area (Å²) in [5.41, 5.74) is -0.478. The maximum absolute atomic E-state index is 13.6. The molecule has 0 aliphatic carbocycles. The lowest BCUT2D eigenvalue weighted by atomic mass is 10.1. The van der Waals surface area contributed by atoms with Gasteiger partial charge in [-0.1, -0.05) is 22.9 Å². The minimum absolute atomic E-state index is 0. The summed E-state index contributed by atoms with van der Waals surface area (Å²) in [4.78, 5) is 21.6. The summed E-state index contributed by atoms with van der Waals surface area (Å²) < 4.78 is 20.2. The van der Waals surface area contributed by atoms with Gasteiger partial charge in [-0.2, -0.15) is 0 Å². The highest BCUT2D eigenvalue weighted by Gasteiger charge is 2.36. The van der Waals surface area contributed by atoms with E-state index in [-0.39, 0.29) is 24.1 Å². The number of benzene rings is 2. The van der Waals surface area contributed by atoms with Crippen molar-refractivity contribution in [1.82, 2.24) is 9.88 Å². The second kappa shape index (κ2) is 9.92. The third-order valence-corrected chi connectivity index (χ3v) is 5.58. The van der Waals surface area contributed by atoms with Gasteiger partial charge in [0.2, 0.25) is 0 Å². The number of anilines is 1. The van der Waals surface area contributed by atoms with Gasteiger partial charge in [0, 0.05) is 18.1 Å². The summed E-state index contributed by atoms with van der Waals surface area (Å²) in [5.74, 6) is -0.00854. The molecule has 0 atom stereocenters. The predicted octanol–water partition coefficient (Wildman–Crippen LogP) is 5.26. The fraction of sp³-hybridized carbons (Fsp3) is 0.333. The van der Waals surface area contributed by atoms with Crippen LogP contribution >= 0.6 is 35.3 Å². The number of carbonyl (C=O) groups excluding carboxylic acids is 1. The van der Waals surface area contributed by atoms with Crippen molar-refractivity contribution in [2.45, 2.75) is 19.4 Å².